The largest absolute Gasteiger partial charge is 0.395 e. The predicted molar refractivity (Wildman–Crippen MR) is 67.8 cm³/mol. The zero-order chi connectivity index (χ0) is 11.6. The minimum atomic E-state index is -0.152. The second kappa shape index (κ2) is 4.58. The zero-order valence-corrected chi connectivity index (χ0v) is 11.0. The smallest absolute Gasteiger partial charge is 0.0522 e. The maximum absolute atomic E-state index is 9.42. The summed E-state index contributed by atoms with van der Waals surface area (Å²) in [6.07, 6.45) is 2.08. The highest BCUT2D eigenvalue weighted by molar-refractivity contribution is 7.98. The van der Waals surface area contributed by atoms with Crippen molar-refractivity contribution in [2.75, 3.05) is 12.9 Å². The molecule has 1 aromatic carbocycles. The maximum Gasteiger partial charge on any atom is 0.0522 e. The van der Waals surface area contributed by atoms with Gasteiger partial charge < -0.3 is 5.11 Å². The number of thioether (sulfide) groups is 1. The Labute approximate surface area is 96.9 Å². The van der Waals surface area contributed by atoms with Crippen LogP contribution < -0.4 is 0 Å². The summed E-state index contributed by atoms with van der Waals surface area (Å²) in [5.41, 5.74) is 3.71. The van der Waals surface area contributed by atoms with Crippen LogP contribution in [0, 0.1) is 13.8 Å². The van der Waals surface area contributed by atoms with Gasteiger partial charge in [-0.3, -0.25) is 0 Å². The molecule has 15 heavy (non-hydrogen) atoms. The van der Waals surface area contributed by atoms with E-state index in [0.29, 0.717) is 0 Å². The van der Waals surface area contributed by atoms with Gasteiger partial charge in [0.25, 0.3) is 0 Å². The fourth-order valence-electron chi connectivity index (χ4n) is 1.73. The molecule has 0 amide bonds. The van der Waals surface area contributed by atoms with E-state index < -0.39 is 0 Å². The molecular weight excluding hydrogens is 204 g/mol. The van der Waals surface area contributed by atoms with Crippen molar-refractivity contribution in [3.05, 3.63) is 28.8 Å². The lowest BCUT2D eigenvalue weighted by atomic mass is 9.81. The van der Waals surface area contributed by atoms with Crippen molar-refractivity contribution < 1.29 is 5.11 Å². The van der Waals surface area contributed by atoms with E-state index in [2.05, 4.69) is 46.1 Å². The van der Waals surface area contributed by atoms with Gasteiger partial charge in [-0.05, 0) is 48.9 Å². The first kappa shape index (κ1) is 12.6. The minimum Gasteiger partial charge on any atom is -0.395 e. The number of aliphatic hydroxyl groups is 1. The van der Waals surface area contributed by atoms with Gasteiger partial charge in [-0.15, -0.1) is 11.8 Å². The average molecular weight is 224 g/mol. The molecule has 1 nitrogen and oxygen atoms in total. The van der Waals surface area contributed by atoms with E-state index in [1.807, 2.05) is 0 Å². The molecule has 0 spiro atoms. The summed E-state index contributed by atoms with van der Waals surface area (Å²) < 4.78 is 0. The highest BCUT2D eigenvalue weighted by atomic mass is 32.2. The molecule has 84 valence electrons. The molecule has 0 heterocycles. The molecule has 1 aromatic rings. The minimum absolute atomic E-state index is 0.152. The fourth-order valence-corrected chi connectivity index (χ4v) is 2.26. The van der Waals surface area contributed by atoms with Crippen molar-refractivity contribution >= 4 is 11.8 Å². The number of aryl methyl sites for hydroxylation is 1. The molecule has 0 aromatic heterocycles. The molecule has 0 fully saturated rings. The second-order valence-corrected chi connectivity index (χ2v) is 5.54. The molecular formula is C13H20OS. The summed E-state index contributed by atoms with van der Waals surface area (Å²) in [6, 6.07) is 4.40. The summed E-state index contributed by atoms with van der Waals surface area (Å²) in [4.78, 5) is 1.27. The van der Waals surface area contributed by atoms with Gasteiger partial charge in [-0.1, -0.05) is 13.8 Å². The summed E-state index contributed by atoms with van der Waals surface area (Å²) in [6.45, 7) is 8.61. The standard InChI is InChI=1S/C13H20OS/c1-9-6-11(15-5)7-12(10(9)2)13(3,4)8-14/h6-7,14H,8H2,1-5H3. The lowest BCUT2D eigenvalue weighted by Gasteiger charge is -2.26. The van der Waals surface area contributed by atoms with E-state index in [0.717, 1.165) is 0 Å². The third-order valence-electron chi connectivity index (χ3n) is 3.00. The van der Waals surface area contributed by atoms with E-state index in [9.17, 15) is 5.11 Å². The zero-order valence-electron chi connectivity index (χ0n) is 10.2. The quantitative estimate of drug-likeness (QED) is 0.795. The fraction of sp³-hybridized carbons (Fsp3) is 0.538. The number of benzene rings is 1. The van der Waals surface area contributed by atoms with Crippen molar-refractivity contribution in [2.24, 2.45) is 0 Å². The van der Waals surface area contributed by atoms with Crippen LogP contribution in [0.3, 0.4) is 0 Å². The third-order valence-corrected chi connectivity index (χ3v) is 3.71. The van der Waals surface area contributed by atoms with Crippen molar-refractivity contribution in [3.63, 3.8) is 0 Å². The van der Waals surface area contributed by atoms with Crippen molar-refractivity contribution in [1.29, 1.82) is 0 Å². The Balaban J connectivity index is 3.34. The van der Waals surface area contributed by atoms with E-state index >= 15 is 0 Å². The normalized spacial score (nSPS) is 11.9. The summed E-state index contributed by atoms with van der Waals surface area (Å²) in [5.74, 6) is 0. The Bertz CT molecular complexity index is 356. The topological polar surface area (TPSA) is 20.2 Å². The monoisotopic (exact) mass is 224 g/mol. The van der Waals surface area contributed by atoms with Crippen LogP contribution in [0.2, 0.25) is 0 Å². The average Bonchev–Trinajstić information content (AvgIpc) is 2.21. The van der Waals surface area contributed by atoms with Crippen LogP contribution in [0.1, 0.15) is 30.5 Å². The van der Waals surface area contributed by atoms with Crippen LogP contribution in [-0.2, 0) is 5.41 Å². The number of hydrogen-bond donors (Lipinski definition) is 1. The molecule has 1 rings (SSSR count). The first-order valence-corrected chi connectivity index (χ1v) is 6.41. The lowest BCUT2D eigenvalue weighted by Crippen LogP contribution is -2.23. The summed E-state index contributed by atoms with van der Waals surface area (Å²) >= 11 is 1.75. The van der Waals surface area contributed by atoms with Crippen LogP contribution >= 0.6 is 11.8 Å². The molecule has 0 saturated heterocycles. The van der Waals surface area contributed by atoms with Gasteiger partial charge in [0.2, 0.25) is 0 Å². The molecule has 1 N–H and O–H groups in total. The molecule has 0 aliphatic heterocycles. The van der Waals surface area contributed by atoms with Crippen LogP contribution in [0.5, 0.6) is 0 Å². The van der Waals surface area contributed by atoms with Crippen LogP contribution in [0.25, 0.3) is 0 Å². The number of rotatable bonds is 3. The van der Waals surface area contributed by atoms with Gasteiger partial charge >= 0.3 is 0 Å². The van der Waals surface area contributed by atoms with Gasteiger partial charge in [0.05, 0.1) is 6.61 Å². The Morgan fingerprint density at radius 1 is 1.27 bits per heavy atom. The molecule has 0 atom stereocenters. The lowest BCUT2D eigenvalue weighted by molar-refractivity contribution is 0.218. The molecule has 0 bridgehead atoms. The molecule has 0 radical (unpaired) electrons. The number of aliphatic hydroxyl groups excluding tert-OH is 1. The van der Waals surface area contributed by atoms with Gasteiger partial charge in [0, 0.05) is 10.3 Å². The van der Waals surface area contributed by atoms with Gasteiger partial charge in [0.15, 0.2) is 0 Å². The SMILES string of the molecule is CSc1cc(C)c(C)c(C(C)(C)CO)c1. The van der Waals surface area contributed by atoms with Crippen molar-refractivity contribution in [2.45, 2.75) is 38.0 Å². The van der Waals surface area contributed by atoms with Gasteiger partial charge in [-0.2, -0.15) is 0 Å². The highest BCUT2D eigenvalue weighted by Crippen LogP contribution is 2.31. The Morgan fingerprint density at radius 3 is 2.33 bits per heavy atom. The van der Waals surface area contributed by atoms with E-state index in [1.54, 1.807) is 11.8 Å². The van der Waals surface area contributed by atoms with Crippen LogP contribution in [-0.4, -0.2) is 18.0 Å². The second-order valence-electron chi connectivity index (χ2n) is 4.66. The van der Waals surface area contributed by atoms with Crippen molar-refractivity contribution in [1.82, 2.24) is 0 Å². The molecule has 0 saturated carbocycles. The highest BCUT2D eigenvalue weighted by Gasteiger charge is 2.22. The van der Waals surface area contributed by atoms with E-state index in [1.165, 1.54) is 21.6 Å². The van der Waals surface area contributed by atoms with Gasteiger partial charge in [0.1, 0.15) is 0 Å². The Morgan fingerprint density at radius 2 is 1.87 bits per heavy atom. The van der Waals surface area contributed by atoms with Gasteiger partial charge in [-0.25, -0.2) is 0 Å². The third kappa shape index (κ3) is 2.56. The molecule has 2 heteroatoms. The first-order chi connectivity index (χ1) is 6.92. The summed E-state index contributed by atoms with van der Waals surface area (Å²) in [7, 11) is 0. The number of hydrogen-bond acceptors (Lipinski definition) is 2. The predicted octanol–water partition coefficient (Wildman–Crippen LogP) is 3.30. The first-order valence-electron chi connectivity index (χ1n) is 5.19. The van der Waals surface area contributed by atoms with Crippen LogP contribution in [0.15, 0.2) is 17.0 Å². The van der Waals surface area contributed by atoms with E-state index in [4.69, 9.17) is 0 Å². The molecule has 0 aliphatic carbocycles. The Hall–Kier alpha value is -0.470. The summed E-state index contributed by atoms with van der Waals surface area (Å²) in [5, 5.41) is 9.42. The maximum atomic E-state index is 9.42. The van der Waals surface area contributed by atoms with Crippen molar-refractivity contribution in [3.8, 4) is 0 Å². The molecule has 0 unspecified atom stereocenters. The Kier molecular flexibility index (Phi) is 3.85. The van der Waals surface area contributed by atoms with Crippen LogP contribution in [0.4, 0.5) is 0 Å². The molecule has 0 aliphatic rings. The van der Waals surface area contributed by atoms with E-state index in [-0.39, 0.29) is 12.0 Å².